The number of pyridine rings is 1. The van der Waals surface area contributed by atoms with Crippen molar-refractivity contribution in [3.8, 4) is 0 Å². The van der Waals surface area contributed by atoms with E-state index in [0.717, 1.165) is 31.4 Å². The van der Waals surface area contributed by atoms with Crippen LogP contribution in [0.3, 0.4) is 0 Å². The number of nitrogens with zero attached hydrogens (tertiary/aromatic N) is 4. The van der Waals surface area contributed by atoms with Gasteiger partial charge in [0.05, 0.1) is 17.8 Å². The minimum Gasteiger partial charge on any atom is -0.359 e. The van der Waals surface area contributed by atoms with E-state index in [1.165, 1.54) is 30.9 Å². The predicted molar refractivity (Wildman–Crippen MR) is 135 cm³/mol. The molecular formula is C25H27N5O4S. The molecule has 10 heteroatoms. The van der Waals surface area contributed by atoms with E-state index in [4.69, 9.17) is 0 Å². The first kappa shape index (κ1) is 23.2. The summed E-state index contributed by atoms with van der Waals surface area (Å²) in [5, 5.41) is 4.51. The van der Waals surface area contributed by atoms with Gasteiger partial charge < -0.3 is 5.32 Å². The zero-order valence-electron chi connectivity index (χ0n) is 19.7. The number of carbonyl (C=O) groups is 1. The van der Waals surface area contributed by atoms with Crippen molar-refractivity contribution in [3.63, 3.8) is 0 Å². The van der Waals surface area contributed by atoms with Crippen LogP contribution in [0.2, 0.25) is 0 Å². The summed E-state index contributed by atoms with van der Waals surface area (Å²) in [6, 6.07) is 8.65. The summed E-state index contributed by atoms with van der Waals surface area (Å²) in [7, 11) is 1.65. The maximum atomic E-state index is 13.6. The predicted octanol–water partition coefficient (Wildman–Crippen LogP) is 2.14. The molecule has 182 valence electrons. The Labute approximate surface area is 204 Å². The summed E-state index contributed by atoms with van der Waals surface area (Å²) in [6.45, 7) is 2.25. The van der Waals surface area contributed by atoms with Gasteiger partial charge in [-0.05, 0) is 62.1 Å². The number of aromatic nitrogens is 4. The molecule has 0 unspecified atom stereocenters. The molecule has 0 aromatic carbocycles. The Bertz CT molecular complexity index is 1600. The van der Waals surface area contributed by atoms with E-state index >= 15 is 0 Å². The normalized spacial score (nSPS) is 18.2. The van der Waals surface area contributed by atoms with Crippen LogP contribution in [0.25, 0.3) is 15.9 Å². The molecule has 0 spiro atoms. The quantitative estimate of drug-likeness (QED) is 0.458. The Morgan fingerprint density at radius 1 is 1.11 bits per heavy atom. The van der Waals surface area contributed by atoms with Gasteiger partial charge in [0.25, 0.3) is 11.1 Å². The van der Waals surface area contributed by atoms with Gasteiger partial charge in [-0.3, -0.25) is 27.9 Å². The maximum Gasteiger partial charge on any atom is 0.331 e. The lowest BCUT2D eigenvalue weighted by molar-refractivity contribution is -0.125. The Balaban J connectivity index is 1.51. The Morgan fingerprint density at radius 3 is 2.63 bits per heavy atom. The largest absolute Gasteiger partial charge is 0.359 e. The number of nitrogens with one attached hydrogen (secondary N) is 1. The lowest BCUT2D eigenvalue weighted by Gasteiger charge is -2.27. The molecule has 1 aliphatic carbocycles. The minimum atomic E-state index is -0.402. The highest BCUT2D eigenvalue weighted by atomic mass is 32.1. The number of aryl methyl sites for hydroxylation is 1. The van der Waals surface area contributed by atoms with Crippen LogP contribution in [0.5, 0.6) is 0 Å². The number of fused-ring (bicyclic) bond motifs is 2. The van der Waals surface area contributed by atoms with Gasteiger partial charge in [0, 0.05) is 31.3 Å². The first-order valence-electron chi connectivity index (χ1n) is 11.8. The summed E-state index contributed by atoms with van der Waals surface area (Å²) in [5.74, 6) is 0.196. The number of rotatable bonds is 5. The van der Waals surface area contributed by atoms with Crippen LogP contribution in [0, 0.1) is 18.8 Å². The highest BCUT2D eigenvalue weighted by molar-refractivity contribution is 7.17. The first-order valence-corrected chi connectivity index (χ1v) is 12.7. The van der Waals surface area contributed by atoms with E-state index in [1.807, 2.05) is 19.1 Å². The molecule has 0 bridgehead atoms. The first-order chi connectivity index (χ1) is 16.9. The van der Waals surface area contributed by atoms with Crippen molar-refractivity contribution in [2.24, 2.45) is 11.8 Å². The SMILES string of the molecule is CNC(=O)C1CCC(Cn2c(=O)c3sccc3n(Cc3cc(=O)n4c(C)cccc4n3)c2=O)CC1. The van der Waals surface area contributed by atoms with E-state index < -0.39 is 5.69 Å². The topological polar surface area (TPSA) is 107 Å². The lowest BCUT2D eigenvalue weighted by atomic mass is 9.81. The molecule has 1 amide bonds. The molecule has 1 fully saturated rings. The summed E-state index contributed by atoms with van der Waals surface area (Å²) in [4.78, 5) is 56.1. The fraction of sp³-hybridized carbons (Fsp3) is 0.400. The van der Waals surface area contributed by atoms with E-state index in [1.54, 1.807) is 24.6 Å². The molecule has 5 rings (SSSR count). The number of amides is 1. The second-order valence-corrected chi connectivity index (χ2v) is 10.1. The van der Waals surface area contributed by atoms with Crippen LogP contribution >= 0.6 is 11.3 Å². The summed E-state index contributed by atoms with van der Waals surface area (Å²) >= 11 is 1.31. The fourth-order valence-electron chi connectivity index (χ4n) is 5.12. The van der Waals surface area contributed by atoms with Gasteiger partial charge in [0.15, 0.2) is 0 Å². The molecule has 0 radical (unpaired) electrons. The van der Waals surface area contributed by atoms with Crippen LogP contribution < -0.4 is 22.1 Å². The average molecular weight is 494 g/mol. The third-order valence-corrected chi connectivity index (χ3v) is 7.89. The third kappa shape index (κ3) is 4.22. The van der Waals surface area contributed by atoms with Gasteiger partial charge in [-0.1, -0.05) is 6.07 Å². The molecule has 1 aliphatic rings. The van der Waals surface area contributed by atoms with Crippen LogP contribution in [-0.2, 0) is 17.9 Å². The van der Waals surface area contributed by atoms with Crippen molar-refractivity contribution in [2.75, 3.05) is 7.05 Å². The molecular weight excluding hydrogens is 466 g/mol. The molecule has 0 atom stereocenters. The number of hydrogen-bond acceptors (Lipinski definition) is 6. The number of thiophene rings is 1. The third-order valence-electron chi connectivity index (χ3n) is 6.99. The van der Waals surface area contributed by atoms with Crippen molar-refractivity contribution in [1.29, 1.82) is 0 Å². The molecule has 9 nitrogen and oxygen atoms in total. The van der Waals surface area contributed by atoms with Gasteiger partial charge in [0.1, 0.15) is 10.3 Å². The maximum absolute atomic E-state index is 13.6. The molecule has 4 aromatic rings. The van der Waals surface area contributed by atoms with Gasteiger partial charge in [-0.15, -0.1) is 11.3 Å². The van der Waals surface area contributed by atoms with Crippen LogP contribution in [0.15, 0.2) is 50.1 Å². The summed E-state index contributed by atoms with van der Waals surface area (Å²) in [5.41, 5.74) is 1.42. The second-order valence-electron chi connectivity index (χ2n) is 9.20. The van der Waals surface area contributed by atoms with Crippen LogP contribution in [-0.4, -0.2) is 31.5 Å². The van der Waals surface area contributed by atoms with Crippen LogP contribution in [0.4, 0.5) is 0 Å². The standard InChI is InChI=1S/C25H27N5O4S/c1-15-4-3-5-20-27-18(12-21(31)30(15)20)14-28-19-10-11-35-22(19)24(33)29(25(28)34)13-16-6-8-17(9-7-16)23(32)26-2/h3-5,10-12,16-17H,6-9,13-14H2,1-2H3,(H,26,32). The second kappa shape index (κ2) is 9.26. The van der Waals surface area contributed by atoms with E-state index in [9.17, 15) is 19.2 Å². The monoisotopic (exact) mass is 493 g/mol. The Morgan fingerprint density at radius 2 is 1.89 bits per heavy atom. The van der Waals surface area contributed by atoms with E-state index in [2.05, 4.69) is 10.3 Å². The van der Waals surface area contributed by atoms with Gasteiger partial charge in [-0.2, -0.15) is 0 Å². The molecule has 1 N–H and O–H groups in total. The Kier molecular flexibility index (Phi) is 6.14. The lowest BCUT2D eigenvalue weighted by Crippen LogP contribution is -2.42. The minimum absolute atomic E-state index is 0.00817. The van der Waals surface area contributed by atoms with Gasteiger partial charge in [-0.25, -0.2) is 9.78 Å². The van der Waals surface area contributed by atoms with E-state index in [0.29, 0.717) is 28.1 Å². The molecule has 4 aromatic heterocycles. The molecule has 35 heavy (non-hydrogen) atoms. The molecule has 0 saturated heterocycles. The molecule has 0 aliphatic heterocycles. The zero-order valence-corrected chi connectivity index (χ0v) is 20.5. The average Bonchev–Trinajstić information content (AvgIpc) is 3.34. The highest BCUT2D eigenvalue weighted by Gasteiger charge is 2.27. The smallest absolute Gasteiger partial charge is 0.331 e. The van der Waals surface area contributed by atoms with Crippen LogP contribution in [0.1, 0.15) is 37.1 Å². The van der Waals surface area contributed by atoms with Crippen molar-refractivity contribution in [2.45, 2.75) is 45.7 Å². The number of hydrogen-bond donors (Lipinski definition) is 1. The zero-order chi connectivity index (χ0) is 24.7. The van der Waals surface area contributed by atoms with Gasteiger partial charge in [0.2, 0.25) is 5.91 Å². The van der Waals surface area contributed by atoms with E-state index in [-0.39, 0.29) is 35.4 Å². The molecule has 1 saturated carbocycles. The van der Waals surface area contributed by atoms with Gasteiger partial charge >= 0.3 is 5.69 Å². The summed E-state index contributed by atoms with van der Waals surface area (Å²) < 4.78 is 4.90. The van der Waals surface area contributed by atoms with Crippen molar-refractivity contribution < 1.29 is 4.79 Å². The van der Waals surface area contributed by atoms with Crippen molar-refractivity contribution in [3.05, 3.63) is 78.3 Å². The number of carbonyl (C=O) groups excluding carboxylic acids is 1. The highest BCUT2D eigenvalue weighted by Crippen LogP contribution is 2.29. The molecule has 4 heterocycles. The van der Waals surface area contributed by atoms with Crippen molar-refractivity contribution in [1.82, 2.24) is 23.8 Å². The summed E-state index contributed by atoms with van der Waals surface area (Å²) in [6.07, 6.45) is 3.07. The fourth-order valence-corrected chi connectivity index (χ4v) is 5.97. The Hall–Kier alpha value is -3.53. The van der Waals surface area contributed by atoms with Crippen molar-refractivity contribution >= 4 is 33.1 Å².